The van der Waals surface area contributed by atoms with E-state index in [1.54, 1.807) is 24.0 Å². The Morgan fingerprint density at radius 1 is 1.24 bits per heavy atom. The van der Waals surface area contributed by atoms with Crippen LogP contribution in [0.15, 0.2) is 42.5 Å². The van der Waals surface area contributed by atoms with E-state index in [4.69, 9.17) is 0 Å². The quantitative estimate of drug-likeness (QED) is 0.771. The molecule has 1 atom stereocenters. The van der Waals surface area contributed by atoms with Gasteiger partial charge in [0.05, 0.1) is 0 Å². The lowest BCUT2D eigenvalue weighted by molar-refractivity contribution is 0.0975. The van der Waals surface area contributed by atoms with Crippen LogP contribution in [0.4, 0.5) is 10.1 Å². The topological polar surface area (TPSA) is 20.3 Å². The number of halogens is 1. The van der Waals surface area contributed by atoms with Gasteiger partial charge < -0.3 is 4.90 Å². The number of benzene rings is 2. The normalized spacial score (nSPS) is 17.5. The Kier molecular flexibility index (Phi) is 3.50. The van der Waals surface area contributed by atoms with Crippen molar-refractivity contribution in [1.82, 2.24) is 0 Å². The van der Waals surface area contributed by atoms with Gasteiger partial charge in [0, 0.05) is 17.3 Å². The second-order valence-corrected chi connectivity index (χ2v) is 5.66. The van der Waals surface area contributed by atoms with Crippen LogP contribution in [0, 0.1) is 12.7 Å². The molecule has 0 aliphatic carbocycles. The first kappa shape index (κ1) is 13.8. The van der Waals surface area contributed by atoms with Gasteiger partial charge in [0.15, 0.2) is 0 Å². The molecular formula is C18H18FNO. The molecule has 1 amide bonds. The maximum atomic E-state index is 13.7. The van der Waals surface area contributed by atoms with E-state index in [0.29, 0.717) is 11.1 Å². The number of carbonyl (C=O) groups is 1. The van der Waals surface area contributed by atoms with E-state index < -0.39 is 0 Å². The van der Waals surface area contributed by atoms with Crippen molar-refractivity contribution in [3.8, 4) is 0 Å². The Hall–Kier alpha value is -2.16. The van der Waals surface area contributed by atoms with E-state index in [-0.39, 0.29) is 17.8 Å². The van der Waals surface area contributed by atoms with Gasteiger partial charge in [-0.2, -0.15) is 0 Å². The summed E-state index contributed by atoms with van der Waals surface area (Å²) in [6.07, 6.45) is 1.90. The monoisotopic (exact) mass is 283 g/mol. The number of fused-ring (bicyclic) bond motifs is 1. The average molecular weight is 283 g/mol. The van der Waals surface area contributed by atoms with Gasteiger partial charge in [-0.3, -0.25) is 4.79 Å². The number of amides is 1. The number of nitrogens with zero attached hydrogens (tertiary/aromatic N) is 1. The highest BCUT2D eigenvalue weighted by molar-refractivity contribution is 6.07. The molecule has 3 rings (SSSR count). The molecule has 2 nitrogen and oxygen atoms in total. The van der Waals surface area contributed by atoms with Crippen molar-refractivity contribution in [2.45, 2.75) is 32.7 Å². The Morgan fingerprint density at radius 3 is 2.76 bits per heavy atom. The van der Waals surface area contributed by atoms with Crippen molar-refractivity contribution in [2.24, 2.45) is 0 Å². The molecule has 0 saturated heterocycles. The second kappa shape index (κ2) is 5.32. The molecule has 1 heterocycles. The maximum Gasteiger partial charge on any atom is 0.258 e. The van der Waals surface area contributed by atoms with Crippen molar-refractivity contribution in [1.29, 1.82) is 0 Å². The summed E-state index contributed by atoms with van der Waals surface area (Å²) < 4.78 is 13.7. The Labute approximate surface area is 124 Å². The first-order valence-corrected chi connectivity index (χ1v) is 7.25. The minimum Gasteiger partial charge on any atom is -0.305 e. The van der Waals surface area contributed by atoms with Crippen molar-refractivity contribution >= 4 is 11.6 Å². The molecule has 2 aromatic rings. The van der Waals surface area contributed by atoms with Crippen LogP contribution in [-0.2, 0) is 6.42 Å². The number of hydrogen-bond acceptors (Lipinski definition) is 1. The summed E-state index contributed by atoms with van der Waals surface area (Å²) in [5.41, 5.74) is 3.08. The predicted molar refractivity (Wildman–Crippen MR) is 82.2 cm³/mol. The SMILES string of the molecule is Cc1ccc(C(=O)N2c3ccccc3CCC2C)cc1F. The Morgan fingerprint density at radius 2 is 2.00 bits per heavy atom. The van der Waals surface area contributed by atoms with Crippen molar-refractivity contribution in [3.63, 3.8) is 0 Å². The molecule has 1 unspecified atom stereocenters. The summed E-state index contributed by atoms with van der Waals surface area (Å²) in [5, 5.41) is 0. The van der Waals surface area contributed by atoms with E-state index in [9.17, 15) is 9.18 Å². The lowest BCUT2D eigenvalue weighted by atomic mass is 9.95. The number of rotatable bonds is 1. The van der Waals surface area contributed by atoms with Crippen LogP contribution in [0.1, 0.15) is 34.8 Å². The largest absolute Gasteiger partial charge is 0.305 e. The van der Waals surface area contributed by atoms with Crippen LogP contribution >= 0.6 is 0 Å². The zero-order chi connectivity index (χ0) is 15.0. The molecule has 0 saturated carbocycles. The number of para-hydroxylation sites is 1. The van der Waals surface area contributed by atoms with Crippen LogP contribution in [0.25, 0.3) is 0 Å². The fourth-order valence-corrected chi connectivity index (χ4v) is 2.86. The summed E-state index contributed by atoms with van der Waals surface area (Å²) in [6, 6.07) is 12.8. The summed E-state index contributed by atoms with van der Waals surface area (Å²) in [4.78, 5) is 14.6. The Balaban J connectivity index is 2.02. The molecule has 0 radical (unpaired) electrons. The molecule has 21 heavy (non-hydrogen) atoms. The lowest BCUT2D eigenvalue weighted by Gasteiger charge is -2.35. The number of anilines is 1. The smallest absolute Gasteiger partial charge is 0.258 e. The van der Waals surface area contributed by atoms with Crippen LogP contribution in [-0.4, -0.2) is 11.9 Å². The zero-order valence-corrected chi connectivity index (χ0v) is 12.3. The van der Waals surface area contributed by atoms with Crippen LogP contribution < -0.4 is 4.90 Å². The zero-order valence-electron chi connectivity index (χ0n) is 12.3. The average Bonchev–Trinajstić information content (AvgIpc) is 2.49. The molecule has 108 valence electrons. The lowest BCUT2D eigenvalue weighted by Crippen LogP contribution is -2.42. The fraction of sp³-hybridized carbons (Fsp3) is 0.278. The highest BCUT2D eigenvalue weighted by Gasteiger charge is 2.28. The summed E-state index contributed by atoms with van der Waals surface area (Å²) in [6.45, 7) is 3.74. The van der Waals surface area contributed by atoms with E-state index in [0.717, 1.165) is 18.5 Å². The highest BCUT2D eigenvalue weighted by atomic mass is 19.1. The van der Waals surface area contributed by atoms with Gasteiger partial charge >= 0.3 is 0 Å². The van der Waals surface area contributed by atoms with Crippen LogP contribution in [0.2, 0.25) is 0 Å². The molecule has 1 aliphatic rings. The Bertz CT molecular complexity index is 695. The molecule has 0 N–H and O–H groups in total. The first-order chi connectivity index (χ1) is 10.1. The highest BCUT2D eigenvalue weighted by Crippen LogP contribution is 2.31. The fourth-order valence-electron chi connectivity index (χ4n) is 2.86. The maximum absolute atomic E-state index is 13.7. The molecular weight excluding hydrogens is 265 g/mol. The van der Waals surface area contributed by atoms with E-state index in [1.807, 2.05) is 25.1 Å². The molecule has 0 aromatic heterocycles. The number of hydrogen-bond donors (Lipinski definition) is 0. The molecule has 0 spiro atoms. The predicted octanol–water partition coefficient (Wildman–Crippen LogP) is 4.12. The number of carbonyl (C=O) groups excluding carboxylic acids is 1. The van der Waals surface area contributed by atoms with Gasteiger partial charge in [0.1, 0.15) is 5.82 Å². The van der Waals surface area contributed by atoms with Crippen molar-refractivity contribution < 1.29 is 9.18 Å². The van der Waals surface area contributed by atoms with Gasteiger partial charge in [0.25, 0.3) is 5.91 Å². The van der Waals surface area contributed by atoms with E-state index >= 15 is 0 Å². The van der Waals surface area contributed by atoms with Crippen molar-refractivity contribution in [3.05, 3.63) is 65.0 Å². The molecule has 3 heteroatoms. The van der Waals surface area contributed by atoms with Gasteiger partial charge in [0.2, 0.25) is 0 Å². The third-order valence-corrected chi connectivity index (χ3v) is 4.16. The number of aryl methyl sites for hydroxylation is 2. The summed E-state index contributed by atoms with van der Waals surface area (Å²) in [5.74, 6) is -0.465. The van der Waals surface area contributed by atoms with Gasteiger partial charge in [-0.1, -0.05) is 24.3 Å². The summed E-state index contributed by atoms with van der Waals surface area (Å²) in [7, 11) is 0. The summed E-state index contributed by atoms with van der Waals surface area (Å²) >= 11 is 0. The van der Waals surface area contributed by atoms with Crippen LogP contribution in [0.5, 0.6) is 0 Å². The molecule has 0 bridgehead atoms. The van der Waals surface area contributed by atoms with E-state index in [2.05, 4.69) is 6.07 Å². The standard InChI is InChI=1S/C18H18FNO/c1-12-7-9-15(11-16(12)19)18(21)20-13(2)8-10-14-5-3-4-6-17(14)20/h3-7,9,11,13H,8,10H2,1-2H3. The second-order valence-electron chi connectivity index (χ2n) is 5.66. The molecule has 0 fully saturated rings. The molecule has 1 aliphatic heterocycles. The third-order valence-electron chi connectivity index (χ3n) is 4.16. The first-order valence-electron chi connectivity index (χ1n) is 7.25. The van der Waals surface area contributed by atoms with Gasteiger partial charge in [-0.25, -0.2) is 4.39 Å². The minimum absolute atomic E-state index is 0.122. The molecule has 2 aromatic carbocycles. The van der Waals surface area contributed by atoms with Crippen LogP contribution in [0.3, 0.4) is 0 Å². The van der Waals surface area contributed by atoms with Crippen molar-refractivity contribution in [2.75, 3.05) is 4.90 Å². The minimum atomic E-state index is -0.334. The third kappa shape index (κ3) is 2.44. The van der Waals surface area contributed by atoms with Gasteiger partial charge in [-0.05, 0) is 56.0 Å². The van der Waals surface area contributed by atoms with Gasteiger partial charge in [-0.15, -0.1) is 0 Å². The van der Waals surface area contributed by atoms with E-state index in [1.165, 1.54) is 11.6 Å².